The predicted octanol–water partition coefficient (Wildman–Crippen LogP) is 4.59. The molecular weight excluding hydrogens is 316 g/mol. The molecule has 1 aromatic carbocycles. The van der Waals surface area contributed by atoms with E-state index in [2.05, 4.69) is 28.4 Å². The molecule has 1 unspecified atom stereocenters. The zero-order valence-electron chi connectivity index (χ0n) is 12.0. The maximum atomic E-state index is 5.97. The largest absolute Gasteiger partial charge is 0.381 e. The van der Waals surface area contributed by atoms with Crippen molar-refractivity contribution in [3.63, 3.8) is 0 Å². The van der Waals surface area contributed by atoms with Crippen LogP contribution in [0.15, 0.2) is 36.5 Å². The van der Waals surface area contributed by atoms with Crippen molar-refractivity contribution in [2.75, 3.05) is 13.2 Å². The van der Waals surface area contributed by atoms with Crippen molar-refractivity contribution >= 4 is 33.0 Å². The molecule has 0 bridgehead atoms. The molecule has 3 nitrogen and oxygen atoms in total. The minimum absolute atomic E-state index is 0.568. The number of rotatable bonds is 3. The van der Waals surface area contributed by atoms with Crippen molar-refractivity contribution in [1.82, 2.24) is 10.2 Å². The van der Waals surface area contributed by atoms with E-state index in [4.69, 9.17) is 16.3 Å². The summed E-state index contributed by atoms with van der Waals surface area (Å²) < 4.78 is 6.66. The van der Waals surface area contributed by atoms with Gasteiger partial charge in [0.1, 0.15) is 0 Å². The smallest absolute Gasteiger partial charge is 0.0721 e. The van der Waals surface area contributed by atoms with Crippen LogP contribution in [0, 0.1) is 5.92 Å². The maximum absolute atomic E-state index is 5.97. The lowest BCUT2D eigenvalue weighted by atomic mass is 10.0. The first-order valence-electron chi connectivity index (χ1n) is 7.37. The third kappa shape index (κ3) is 2.74. The van der Waals surface area contributed by atoms with Gasteiger partial charge in [-0.2, -0.15) is 10.2 Å². The highest BCUT2D eigenvalue weighted by molar-refractivity contribution is 7.22. The fourth-order valence-electron chi connectivity index (χ4n) is 2.86. The van der Waals surface area contributed by atoms with Crippen LogP contribution in [0.1, 0.15) is 12.1 Å². The number of ether oxygens (including phenoxy) is 1. The standard InChI is InChI=1S/C17H15ClN2OS/c18-13-3-1-12(2-4-13)16-8-14-15(7-11-5-6-21-10-11)20-19-9-17(14)22-16/h1-4,8-9,11H,5-7,10H2. The molecule has 0 saturated carbocycles. The number of nitrogens with zero attached hydrogens (tertiary/aromatic N) is 2. The van der Waals surface area contributed by atoms with E-state index in [0.717, 1.165) is 36.8 Å². The molecule has 3 heterocycles. The highest BCUT2D eigenvalue weighted by Crippen LogP contribution is 2.35. The first kappa shape index (κ1) is 14.1. The number of benzene rings is 1. The zero-order valence-corrected chi connectivity index (χ0v) is 13.5. The number of fused-ring (bicyclic) bond motifs is 1. The van der Waals surface area contributed by atoms with Crippen LogP contribution < -0.4 is 0 Å². The van der Waals surface area contributed by atoms with Crippen LogP contribution >= 0.6 is 22.9 Å². The molecule has 2 aromatic heterocycles. The van der Waals surface area contributed by atoms with Gasteiger partial charge in [-0.15, -0.1) is 11.3 Å². The second kappa shape index (κ2) is 5.95. The van der Waals surface area contributed by atoms with Gasteiger partial charge in [0.2, 0.25) is 0 Å². The van der Waals surface area contributed by atoms with Gasteiger partial charge in [-0.3, -0.25) is 0 Å². The maximum Gasteiger partial charge on any atom is 0.0721 e. The highest BCUT2D eigenvalue weighted by Gasteiger charge is 2.19. The molecule has 112 valence electrons. The number of thiophene rings is 1. The van der Waals surface area contributed by atoms with Gasteiger partial charge in [0.15, 0.2) is 0 Å². The summed E-state index contributed by atoms with van der Waals surface area (Å²) in [5.74, 6) is 0.568. The molecule has 1 aliphatic rings. The summed E-state index contributed by atoms with van der Waals surface area (Å²) in [6.45, 7) is 1.71. The lowest BCUT2D eigenvalue weighted by Gasteiger charge is -2.06. The van der Waals surface area contributed by atoms with Gasteiger partial charge < -0.3 is 4.74 Å². The molecule has 22 heavy (non-hydrogen) atoms. The molecule has 1 saturated heterocycles. The van der Waals surface area contributed by atoms with Gasteiger partial charge in [0.05, 0.1) is 16.6 Å². The Kier molecular flexibility index (Phi) is 3.82. The molecule has 4 rings (SSSR count). The lowest BCUT2D eigenvalue weighted by molar-refractivity contribution is 0.185. The Balaban J connectivity index is 1.72. The topological polar surface area (TPSA) is 35.0 Å². The SMILES string of the molecule is Clc1ccc(-c2cc3c(CC4CCOC4)nncc3s2)cc1. The van der Waals surface area contributed by atoms with Gasteiger partial charge in [-0.05, 0) is 42.5 Å². The molecule has 1 aliphatic heterocycles. The third-order valence-corrected chi connectivity index (χ3v) is 5.43. The van der Waals surface area contributed by atoms with Crippen molar-refractivity contribution in [2.24, 2.45) is 5.92 Å². The Morgan fingerprint density at radius 2 is 2.14 bits per heavy atom. The Bertz CT molecular complexity index is 794. The van der Waals surface area contributed by atoms with Crippen LogP contribution in [-0.4, -0.2) is 23.4 Å². The second-order valence-electron chi connectivity index (χ2n) is 5.62. The summed E-state index contributed by atoms with van der Waals surface area (Å²) in [4.78, 5) is 1.23. The summed E-state index contributed by atoms with van der Waals surface area (Å²) in [5, 5.41) is 10.5. The fourth-order valence-corrected chi connectivity index (χ4v) is 4.04. The molecular formula is C17H15ClN2OS. The fraction of sp³-hybridized carbons (Fsp3) is 0.294. The van der Waals surface area contributed by atoms with Crippen molar-refractivity contribution in [3.8, 4) is 10.4 Å². The van der Waals surface area contributed by atoms with Gasteiger partial charge in [-0.25, -0.2) is 0 Å². The molecule has 1 atom stereocenters. The summed E-state index contributed by atoms with van der Waals surface area (Å²) in [6.07, 6.45) is 3.92. The van der Waals surface area contributed by atoms with E-state index in [1.54, 1.807) is 11.3 Å². The Morgan fingerprint density at radius 3 is 2.91 bits per heavy atom. The molecule has 0 amide bonds. The number of halogens is 1. The van der Waals surface area contributed by atoms with Gasteiger partial charge in [-0.1, -0.05) is 23.7 Å². The van der Waals surface area contributed by atoms with E-state index in [1.165, 1.54) is 20.5 Å². The summed E-state index contributed by atoms with van der Waals surface area (Å²) in [6, 6.07) is 10.2. The third-order valence-electron chi connectivity index (χ3n) is 4.06. The number of hydrogen-bond donors (Lipinski definition) is 0. The van der Waals surface area contributed by atoms with E-state index in [0.29, 0.717) is 5.92 Å². The van der Waals surface area contributed by atoms with Crippen molar-refractivity contribution in [3.05, 3.63) is 47.2 Å². The summed E-state index contributed by atoms with van der Waals surface area (Å²) >= 11 is 7.72. The van der Waals surface area contributed by atoms with Crippen LogP contribution in [0.3, 0.4) is 0 Å². The van der Waals surface area contributed by atoms with Crippen LogP contribution in [0.25, 0.3) is 20.5 Å². The van der Waals surface area contributed by atoms with Crippen LogP contribution in [0.2, 0.25) is 5.02 Å². The minimum atomic E-state index is 0.568. The Morgan fingerprint density at radius 1 is 1.27 bits per heavy atom. The predicted molar refractivity (Wildman–Crippen MR) is 90.5 cm³/mol. The molecule has 0 aliphatic carbocycles. The van der Waals surface area contributed by atoms with E-state index < -0.39 is 0 Å². The molecule has 1 fully saturated rings. The first-order chi connectivity index (χ1) is 10.8. The summed E-state index contributed by atoms with van der Waals surface area (Å²) in [5.41, 5.74) is 2.27. The van der Waals surface area contributed by atoms with Crippen molar-refractivity contribution in [1.29, 1.82) is 0 Å². The quantitative estimate of drug-likeness (QED) is 0.704. The van der Waals surface area contributed by atoms with Gasteiger partial charge in [0.25, 0.3) is 0 Å². The van der Waals surface area contributed by atoms with Gasteiger partial charge in [0, 0.05) is 28.5 Å². The van der Waals surface area contributed by atoms with Gasteiger partial charge >= 0.3 is 0 Å². The van der Waals surface area contributed by atoms with Crippen LogP contribution in [-0.2, 0) is 11.2 Å². The lowest BCUT2D eigenvalue weighted by Crippen LogP contribution is -2.06. The summed E-state index contributed by atoms with van der Waals surface area (Å²) in [7, 11) is 0. The van der Waals surface area contributed by atoms with Crippen LogP contribution in [0.5, 0.6) is 0 Å². The normalized spacial score (nSPS) is 18.1. The molecule has 0 spiro atoms. The first-order valence-corrected chi connectivity index (χ1v) is 8.57. The average Bonchev–Trinajstić information content (AvgIpc) is 3.17. The van der Waals surface area contributed by atoms with E-state index in [9.17, 15) is 0 Å². The van der Waals surface area contributed by atoms with Crippen molar-refractivity contribution < 1.29 is 4.74 Å². The Hall–Kier alpha value is -1.49. The van der Waals surface area contributed by atoms with Crippen LogP contribution in [0.4, 0.5) is 0 Å². The highest BCUT2D eigenvalue weighted by atomic mass is 35.5. The Labute approximate surface area is 137 Å². The van der Waals surface area contributed by atoms with Crippen molar-refractivity contribution in [2.45, 2.75) is 12.8 Å². The second-order valence-corrected chi connectivity index (χ2v) is 7.14. The molecule has 0 radical (unpaired) electrons. The minimum Gasteiger partial charge on any atom is -0.381 e. The molecule has 3 aromatic rings. The monoisotopic (exact) mass is 330 g/mol. The molecule has 5 heteroatoms. The van der Waals surface area contributed by atoms with E-state index >= 15 is 0 Å². The number of hydrogen-bond acceptors (Lipinski definition) is 4. The average molecular weight is 331 g/mol. The molecule has 0 N–H and O–H groups in total. The zero-order chi connectivity index (χ0) is 14.9. The van der Waals surface area contributed by atoms with E-state index in [1.807, 2.05) is 18.3 Å². The van der Waals surface area contributed by atoms with E-state index in [-0.39, 0.29) is 0 Å². The number of aromatic nitrogens is 2.